The minimum atomic E-state index is -0.0505. The van der Waals surface area contributed by atoms with Crippen LogP contribution in [0.15, 0.2) is 36.4 Å². The molecule has 6 nitrogen and oxygen atoms in total. The van der Waals surface area contributed by atoms with E-state index in [-0.39, 0.29) is 17.7 Å². The van der Waals surface area contributed by atoms with Crippen LogP contribution in [0.25, 0.3) is 0 Å². The lowest BCUT2D eigenvalue weighted by Gasteiger charge is -2.30. The first-order valence-electron chi connectivity index (χ1n) is 8.91. The van der Waals surface area contributed by atoms with Crippen LogP contribution in [0.4, 0.5) is 5.69 Å². The molecule has 1 aliphatic carbocycles. The van der Waals surface area contributed by atoms with E-state index in [4.69, 9.17) is 0 Å². The van der Waals surface area contributed by atoms with Gasteiger partial charge in [0.25, 0.3) is 5.91 Å². The molecule has 1 saturated carbocycles. The van der Waals surface area contributed by atoms with Crippen LogP contribution in [0.1, 0.15) is 47.8 Å². The number of amides is 2. The van der Waals surface area contributed by atoms with Crippen LogP contribution in [0, 0.1) is 5.92 Å². The highest BCUT2D eigenvalue weighted by atomic mass is 16.2. The molecule has 1 aromatic carbocycles. The van der Waals surface area contributed by atoms with E-state index in [0.717, 1.165) is 11.4 Å². The summed E-state index contributed by atoms with van der Waals surface area (Å²) >= 11 is 0. The SMILES string of the molecule is O=C(Nc1ccccc1)C1CCN(C(=O)c2cc(C3CC3)[nH]n2)CC1. The molecule has 0 bridgehead atoms. The molecule has 1 aliphatic heterocycles. The number of para-hydroxylation sites is 1. The number of nitrogens with zero attached hydrogens (tertiary/aromatic N) is 2. The Labute approximate surface area is 146 Å². The van der Waals surface area contributed by atoms with Crippen molar-refractivity contribution in [2.45, 2.75) is 31.6 Å². The van der Waals surface area contributed by atoms with Gasteiger partial charge in [-0.1, -0.05) is 18.2 Å². The molecule has 0 atom stereocenters. The molecule has 2 amide bonds. The van der Waals surface area contributed by atoms with Crippen LogP contribution in [0.2, 0.25) is 0 Å². The topological polar surface area (TPSA) is 78.1 Å². The summed E-state index contributed by atoms with van der Waals surface area (Å²) in [5.74, 6) is 0.506. The Morgan fingerprint density at radius 2 is 1.80 bits per heavy atom. The number of hydrogen-bond donors (Lipinski definition) is 2. The lowest BCUT2D eigenvalue weighted by atomic mass is 9.95. The van der Waals surface area contributed by atoms with Gasteiger partial charge in [0.15, 0.2) is 0 Å². The van der Waals surface area contributed by atoms with Gasteiger partial charge < -0.3 is 10.2 Å². The van der Waals surface area contributed by atoms with E-state index < -0.39 is 0 Å². The molecule has 2 aliphatic rings. The van der Waals surface area contributed by atoms with E-state index in [1.165, 1.54) is 12.8 Å². The summed E-state index contributed by atoms with van der Waals surface area (Å²) in [6.45, 7) is 1.19. The molecule has 1 saturated heterocycles. The third-order valence-electron chi connectivity index (χ3n) is 5.03. The van der Waals surface area contributed by atoms with Gasteiger partial charge in [0.05, 0.1) is 0 Å². The minimum absolute atomic E-state index is 0.0362. The number of nitrogens with one attached hydrogen (secondary N) is 2. The second-order valence-electron chi connectivity index (χ2n) is 6.90. The number of likely N-dealkylation sites (tertiary alicyclic amines) is 1. The Morgan fingerprint density at radius 1 is 1.08 bits per heavy atom. The number of carbonyl (C=O) groups is 2. The molecule has 0 spiro atoms. The van der Waals surface area contributed by atoms with Crippen molar-refractivity contribution in [3.63, 3.8) is 0 Å². The predicted octanol–water partition coefficient (Wildman–Crippen LogP) is 2.78. The molecule has 2 heterocycles. The molecule has 130 valence electrons. The molecule has 2 N–H and O–H groups in total. The Hall–Kier alpha value is -2.63. The van der Waals surface area contributed by atoms with Gasteiger partial charge in [-0.2, -0.15) is 5.10 Å². The Balaban J connectivity index is 1.31. The molecule has 2 aromatic rings. The molecular formula is C19H22N4O2. The summed E-state index contributed by atoms with van der Waals surface area (Å²) in [5.41, 5.74) is 2.38. The maximum atomic E-state index is 12.6. The van der Waals surface area contributed by atoms with Crippen LogP contribution in [-0.4, -0.2) is 40.0 Å². The van der Waals surface area contributed by atoms with E-state index in [0.29, 0.717) is 37.5 Å². The molecule has 0 unspecified atom stereocenters. The van der Waals surface area contributed by atoms with Gasteiger partial charge in [-0.3, -0.25) is 14.7 Å². The zero-order valence-electron chi connectivity index (χ0n) is 14.1. The zero-order chi connectivity index (χ0) is 17.2. The fourth-order valence-corrected chi connectivity index (χ4v) is 3.32. The standard InChI is InChI=1S/C19H22N4O2/c24-18(20-15-4-2-1-3-5-15)14-8-10-23(11-9-14)19(25)17-12-16(21-22-17)13-6-7-13/h1-5,12-14H,6-11H2,(H,20,24)(H,21,22). The Bertz CT molecular complexity index is 759. The van der Waals surface area contributed by atoms with Crippen molar-refractivity contribution in [2.75, 3.05) is 18.4 Å². The van der Waals surface area contributed by atoms with Crippen molar-refractivity contribution in [1.29, 1.82) is 0 Å². The van der Waals surface area contributed by atoms with Gasteiger partial charge in [-0.15, -0.1) is 0 Å². The second-order valence-corrected chi connectivity index (χ2v) is 6.90. The average Bonchev–Trinajstić information content (AvgIpc) is 3.39. The molecule has 1 aromatic heterocycles. The van der Waals surface area contributed by atoms with Crippen molar-refractivity contribution in [1.82, 2.24) is 15.1 Å². The van der Waals surface area contributed by atoms with Gasteiger partial charge in [-0.05, 0) is 43.9 Å². The lowest BCUT2D eigenvalue weighted by molar-refractivity contribution is -0.121. The number of aromatic amines is 1. The smallest absolute Gasteiger partial charge is 0.274 e. The van der Waals surface area contributed by atoms with Gasteiger partial charge in [0, 0.05) is 36.3 Å². The molecule has 4 rings (SSSR count). The van der Waals surface area contributed by atoms with Crippen molar-refractivity contribution in [2.24, 2.45) is 5.92 Å². The van der Waals surface area contributed by atoms with E-state index in [1.54, 1.807) is 4.90 Å². The average molecular weight is 338 g/mol. The Morgan fingerprint density at radius 3 is 2.48 bits per heavy atom. The summed E-state index contributed by atoms with van der Waals surface area (Å²) in [5, 5.41) is 10.1. The van der Waals surface area contributed by atoms with Crippen LogP contribution >= 0.6 is 0 Å². The molecule has 6 heteroatoms. The summed E-state index contributed by atoms with van der Waals surface area (Å²) < 4.78 is 0. The highest BCUT2D eigenvalue weighted by Gasteiger charge is 2.30. The number of H-pyrrole nitrogens is 1. The number of anilines is 1. The van der Waals surface area contributed by atoms with E-state index in [2.05, 4.69) is 15.5 Å². The predicted molar refractivity (Wildman–Crippen MR) is 94.3 cm³/mol. The Kier molecular flexibility index (Phi) is 4.26. The van der Waals surface area contributed by atoms with Crippen molar-refractivity contribution in [3.05, 3.63) is 47.8 Å². The first-order chi connectivity index (χ1) is 12.2. The van der Waals surface area contributed by atoms with E-state index >= 15 is 0 Å². The summed E-state index contributed by atoms with van der Waals surface area (Å²) in [6.07, 6.45) is 3.73. The molecule has 2 fully saturated rings. The minimum Gasteiger partial charge on any atom is -0.337 e. The monoisotopic (exact) mass is 338 g/mol. The van der Waals surface area contributed by atoms with Gasteiger partial charge in [0.1, 0.15) is 5.69 Å². The zero-order valence-corrected chi connectivity index (χ0v) is 14.1. The van der Waals surface area contributed by atoms with Crippen LogP contribution < -0.4 is 5.32 Å². The van der Waals surface area contributed by atoms with Gasteiger partial charge >= 0.3 is 0 Å². The third-order valence-corrected chi connectivity index (χ3v) is 5.03. The fraction of sp³-hybridized carbons (Fsp3) is 0.421. The largest absolute Gasteiger partial charge is 0.337 e. The maximum absolute atomic E-state index is 12.6. The lowest BCUT2D eigenvalue weighted by Crippen LogP contribution is -2.41. The van der Waals surface area contributed by atoms with E-state index in [9.17, 15) is 9.59 Å². The number of hydrogen-bond acceptors (Lipinski definition) is 3. The first-order valence-corrected chi connectivity index (χ1v) is 8.91. The number of benzene rings is 1. The highest BCUT2D eigenvalue weighted by Crippen LogP contribution is 2.39. The number of rotatable bonds is 4. The fourth-order valence-electron chi connectivity index (χ4n) is 3.32. The summed E-state index contributed by atoms with van der Waals surface area (Å²) in [7, 11) is 0. The van der Waals surface area contributed by atoms with Crippen LogP contribution in [-0.2, 0) is 4.79 Å². The number of piperidine rings is 1. The summed E-state index contributed by atoms with van der Waals surface area (Å²) in [6, 6.07) is 11.4. The van der Waals surface area contributed by atoms with Crippen molar-refractivity contribution in [3.8, 4) is 0 Å². The highest BCUT2D eigenvalue weighted by molar-refractivity contribution is 5.94. The van der Waals surface area contributed by atoms with Crippen molar-refractivity contribution < 1.29 is 9.59 Å². The quantitative estimate of drug-likeness (QED) is 0.900. The number of carbonyl (C=O) groups excluding carboxylic acids is 2. The normalized spacial score (nSPS) is 18.2. The summed E-state index contributed by atoms with van der Waals surface area (Å²) in [4.78, 5) is 26.7. The van der Waals surface area contributed by atoms with E-state index in [1.807, 2.05) is 36.4 Å². The van der Waals surface area contributed by atoms with Crippen LogP contribution in [0.5, 0.6) is 0 Å². The third kappa shape index (κ3) is 3.57. The second kappa shape index (κ2) is 6.70. The molecule has 0 radical (unpaired) electrons. The van der Waals surface area contributed by atoms with Gasteiger partial charge in [-0.25, -0.2) is 0 Å². The molecule has 25 heavy (non-hydrogen) atoms. The maximum Gasteiger partial charge on any atom is 0.274 e. The van der Waals surface area contributed by atoms with Crippen molar-refractivity contribution >= 4 is 17.5 Å². The van der Waals surface area contributed by atoms with Crippen LogP contribution in [0.3, 0.4) is 0 Å². The van der Waals surface area contributed by atoms with Gasteiger partial charge in [0.2, 0.25) is 5.91 Å². The molecular weight excluding hydrogens is 316 g/mol. The number of aromatic nitrogens is 2. The first kappa shape index (κ1) is 15.9.